The van der Waals surface area contributed by atoms with Gasteiger partial charge in [0.25, 0.3) is 0 Å². The molecule has 1 aromatic carbocycles. The van der Waals surface area contributed by atoms with E-state index in [1.807, 2.05) is 18.2 Å². The van der Waals surface area contributed by atoms with Gasteiger partial charge in [-0.15, -0.1) is 0 Å². The molecule has 1 aliphatic heterocycles. The summed E-state index contributed by atoms with van der Waals surface area (Å²) in [7, 11) is 0. The molecule has 2 rings (SSSR count). The van der Waals surface area contributed by atoms with E-state index in [1.54, 1.807) is 0 Å². The van der Waals surface area contributed by atoms with Crippen molar-refractivity contribution in [1.29, 1.82) is 0 Å². The molecule has 2 atom stereocenters. The van der Waals surface area contributed by atoms with Gasteiger partial charge in [0.05, 0.1) is 6.17 Å². The van der Waals surface area contributed by atoms with Crippen LogP contribution in [-0.4, -0.2) is 11.7 Å². The minimum atomic E-state index is 0.114. The highest BCUT2D eigenvalue weighted by Gasteiger charge is 2.27. The van der Waals surface area contributed by atoms with Gasteiger partial charge >= 0.3 is 0 Å². The molecule has 2 unspecified atom stereocenters. The van der Waals surface area contributed by atoms with Gasteiger partial charge in [0.2, 0.25) is 0 Å². The van der Waals surface area contributed by atoms with Gasteiger partial charge in [0, 0.05) is 16.6 Å². The third-order valence-corrected chi connectivity index (χ3v) is 3.00. The smallest absolute Gasteiger partial charge is 0.0726 e. The standard InChI is InChI=1S/C13H20ClN3/c1-13(2,3)15-12-8-11(16-17-12)9-5-4-6-10(14)7-9/h4-7,11-12,15-17H,8H2,1-3H3. The minimum Gasteiger partial charge on any atom is -0.296 e. The molecular formula is C13H20ClN3. The third kappa shape index (κ3) is 3.68. The van der Waals surface area contributed by atoms with Crippen LogP contribution in [0.4, 0.5) is 0 Å². The van der Waals surface area contributed by atoms with Crippen molar-refractivity contribution in [1.82, 2.24) is 16.2 Å². The lowest BCUT2D eigenvalue weighted by molar-refractivity contribution is 0.333. The topological polar surface area (TPSA) is 36.1 Å². The van der Waals surface area contributed by atoms with Crippen molar-refractivity contribution in [3.05, 3.63) is 34.9 Å². The lowest BCUT2D eigenvalue weighted by Crippen LogP contribution is -2.49. The zero-order valence-electron chi connectivity index (χ0n) is 10.5. The fourth-order valence-electron chi connectivity index (χ4n) is 2.12. The van der Waals surface area contributed by atoms with Crippen LogP contribution in [0.1, 0.15) is 38.8 Å². The molecule has 1 saturated heterocycles. The van der Waals surface area contributed by atoms with Crippen LogP contribution in [-0.2, 0) is 0 Å². The van der Waals surface area contributed by atoms with Gasteiger partial charge in [-0.05, 0) is 44.9 Å². The molecule has 0 saturated carbocycles. The summed E-state index contributed by atoms with van der Waals surface area (Å²) in [6.07, 6.45) is 1.30. The molecule has 1 aliphatic rings. The first kappa shape index (κ1) is 12.8. The summed E-state index contributed by atoms with van der Waals surface area (Å²) < 4.78 is 0. The van der Waals surface area contributed by atoms with Crippen molar-refractivity contribution < 1.29 is 0 Å². The Morgan fingerprint density at radius 1 is 1.29 bits per heavy atom. The number of nitrogens with one attached hydrogen (secondary N) is 3. The van der Waals surface area contributed by atoms with E-state index in [0.717, 1.165) is 11.4 Å². The molecule has 94 valence electrons. The molecule has 17 heavy (non-hydrogen) atoms. The van der Waals surface area contributed by atoms with E-state index in [1.165, 1.54) is 5.56 Å². The fourth-order valence-corrected chi connectivity index (χ4v) is 2.31. The molecule has 0 bridgehead atoms. The maximum Gasteiger partial charge on any atom is 0.0726 e. The first-order valence-corrected chi connectivity index (χ1v) is 6.36. The highest BCUT2D eigenvalue weighted by molar-refractivity contribution is 6.30. The zero-order chi connectivity index (χ0) is 12.5. The summed E-state index contributed by atoms with van der Waals surface area (Å²) in [6, 6.07) is 8.32. The van der Waals surface area contributed by atoms with Crippen molar-refractivity contribution in [3.63, 3.8) is 0 Å². The van der Waals surface area contributed by atoms with Crippen LogP contribution < -0.4 is 16.2 Å². The summed E-state index contributed by atoms with van der Waals surface area (Å²) in [5.74, 6) is 0. The predicted molar refractivity (Wildman–Crippen MR) is 71.8 cm³/mol. The van der Waals surface area contributed by atoms with E-state index < -0.39 is 0 Å². The Morgan fingerprint density at radius 3 is 2.71 bits per heavy atom. The molecule has 0 spiro atoms. The summed E-state index contributed by atoms with van der Waals surface area (Å²) in [6.45, 7) is 6.50. The van der Waals surface area contributed by atoms with Crippen molar-refractivity contribution in [3.8, 4) is 0 Å². The second-order valence-electron chi connectivity index (χ2n) is 5.58. The summed E-state index contributed by atoms with van der Waals surface area (Å²) >= 11 is 6.00. The molecule has 3 nitrogen and oxygen atoms in total. The molecule has 0 aromatic heterocycles. The minimum absolute atomic E-state index is 0.114. The number of hydrogen-bond donors (Lipinski definition) is 3. The first-order valence-electron chi connectivity index (χ1n) is 5.98. The molecule has 4 heteroatoms. The van der Waals surface area contributed by atoms with Crippen LogP contribution in [0, 0.1) is 0 Å². The molecular weight excluding hydrogens is 234 g/mol. The van der Waals surface area contributed by atoms with Crippen molar-refractivity contribution in [2.24, 2.45) is 0 Å². The van der Waals surface area contributed by atoms with Gasteiger partial charge in [0.15, 0.2) is 0 Å². The predicted octanol–water partition coefficient (Wildman–Crippen LogP) is 2.59. The molecule has 0 aliphatic carbocycles. The fraction of sp³-hybridized carbons (Fsp3) is 0.538. The maximum atomic E-state index is 6.00. The first-order chi connectivity index (χ1) is 7.94. The summed E-state index contributed by atoms with van der Waals surface area (Å²) in [4.78, 5) is 0. The second-order valence-corrected chi connectivity index (χ2v) is 6.02. The van der Waals surface area contributed by atoms with Crippen LogP contribution in [0.5, 0.6) is 0 Å². The Balaban J connectivity index is 1.98. The third-order valence-electron chi connectivity index (χ3n) is 2.76. The highest BCUT2D eigenvalue weighted by atomic mass is 35.5. The Bertz CT molecular complexity index is 386. The molecule has 3 N–H and O–H groups in total. The maximum absolute atomic E-state index is 6.00. The van der Waals surface area contributed by atoms with Crippen molar-refractivity contribution >= 4 is 11.6 Å². The van der Waals surface area contributed by atoms with Gasteiger partial charge in [-0.2, -0.15) is 0 Å². The monoisotopic (exact) mass is 253 g/mol. The normalized spacial score (nSPS) is 25.2. The summed E-state index contributed by atoms with van der Waals surface area (Å²) in [5.41, 5.74) is 7.92. The van der Waals surface area contributed by atoms with E-state index in [2.05, 4.69) is 43.0 Å². The number of rotatable bonds is 2. The van der Waals surface area contributed by atoms with Gasteiger partial charge in [0.1, 0.15) is 0 Å². The molecule has 1 aromatic rings. The molecule has 1 fully saturated rings. The van der Waals surface area contributed by atoms with Gasteiger partial charge in [-0.25, -0.2) is 10.9 Å². The average Bonchev–Trinajstić information content (AvgIpc) is 2.63. The largest absolute Gasteiger partial charge is 0.296 e. The van der Waals surface area contributed by atoms with E-state index in [4.69, 9.17) is 11.6 Å². The van der Waals surface area contributed by atoms with Crippen LogP contribution >= 0.6 is 11.6 Å². The quantitative estimate of drug-likeness (QED) is 0.758. The van der Waals surface area contributed by atoms with E-state index in [9.17, 15) is 0 Å². The number of hydrazine groups is 1. The van der Waals surface area contributed by atoms with Gasteiger partial charge in [-0.3, -0.25) is 5.32 Å². The van der Waals surface area contributed by atoms with E-state index >= 15 is 0 Å². The van der Waals surface area contributed by atoms with Crippen molar-refractivity contribution in [2.45, 2.75) is 44.9 Å². The number of hydrogen-bond acceptors (Lipinski definition) is 3. The number of halogens is 1. The number of benzene rings is 1. The van der Waals surface area contributed by atoms with Crippen LogP contribution in [0.15, 0.2) is 24.3 Å². The van der Waals surface area contributed by atoms with E-state index in [0.29, 0.717) is 12.2 Å². The Morgan fingerprint density at radius 2 is 2.06 bits per heavy atom. The SMILES string of the molecule is CC(C)(C)NC1CC(c2cccc(Cl)c2)NN1. The van der Waals surface area contributed by atoms with Crippen LogP contribution in [0.3, 0.4) is 0 Å². The van der Waals surface area contributed by atoms with Crippen LogP contribution in [0.25, 0.3) is 0 Å². The average molecular weight is 254 g/mol. The Labute approximate surface area is 108 Å². The Hall–Kier alpha value is -0.610. The lowest BCUT2D eigenvalue weighted by Gasteiger charge is -2.25. The zero-order valence-corrected chi connectivity index (χ0v) is 11.3. The molecule has 0 amide bonds. The summed E-state index contributed by atoms with van der Waals surface area (Å²) in [5, 5.41) is 4.31. The lowest BCUT2D eigenvalue weighted by atomic mass is 10.0. The van der Waals surface area contributed by atoms with E-state index in [-0.39, 0.29) is 5.54 Å². The molecule has 0 radical (unpaired) electrons. The Kier molecular flexibility index (Phi) is 3.73. The van der Waals surface area contributed by atoms with Crippen molar-refractivity contribution in [2.75, 3.05) is 0 Å². The highest BCUT2D eigenvalue weighted by Crippen LogP contribution is 2.24. The molecule has 1 heterocycles. The van der Waals surface area contributed by atoms with Crippen LogP contribution in [0.2, 0.25) is 5.02 Å². The van der Waals surface area contributed by atoms with Gasteiger partial charge < -0.3 is 0 Å². The van der Waals surface area contributed by atoms with Gasteiger partial charge in [-0.1, -0.05) is 23.7 Å². The second kappa shape index (κ2) is 4.94.